The number of hydrogen-bond acceptors (Lipinski definition) is 3. The average Bonchev–Trinajstić information content (AvgIpc) is 2.17. The SMILES string of the molecule is CCSc1cc(C#N)cc(OC)c1. The first-order valence-corrected chi connectivity index (χ1v) is 5.00. The van der Waals surface area contributed by atoms with Crippen LogP contribution in [-0.2, 0) is 0 Å². The van der Waals surface area contributed by atoms with E-state index in [-0.39, 0.29) is 0 Å². The summed E-state index contributed by atoms with van der Waals surface area (Å²) in [6, 6.07) is 7.65. The highest BCUT2D eigenvalue weighted by Gasteiger charge is 2.00. The summed E-state index contributed by atoms with van der Waals surface area (Å²) in [5.74, 6) is 1.74. The zero-order valence-electron chi connectivity index (χ0n) is 7.70. The van der Waals surface area contributed by atoms with Crippen molar-refractivity contribution in [1.82, 2.24) is 0 Å². The number of rotatable bonds is 3. The Morgan fingerprint density at radius 1 is 1.46 bits per heavy atom. The third-order valence-electron chi connectivity index (χ3n) is 1.56. The van der Waals surface area contributed by atoms with Gasteiger partial charge in [-0.3, -0.25) is 0 Å². The van der Waals surface area contributed by atoms with E-state index in [0.29, 0.717) is 5.56 Å². The van der Waals surface area contributed by atoms with Gasteiger partial charge in [0.1, 0.15) is 5.75 Å². The Labute approximate surface area is 82.5 Å². The molecule has 13 heavy (non-hydrogen) atoms. The number of ether oxygens (including phenoxy) is 1. The maximum absolute atomic E-state index is 8.74. The maximum atomic E-state index is 8.74. The van der Waals surface area contributed by atoms with Crippen molar-refractivity contribution in [2.24, 2.45) is 0 Å². The highest BCUT2D eigenvalue weighted by atomic mass is 32.2. The highest BCUT2D eigenvalue weighted by Crippen LogP contribution is 2.24. The molecule has 0 bridgehead atoms. The quantitative estimate of drug-likeness (QED) is 0.692. The molecule has 0 saturated heterocycles. The van der Waals surface area contributed by atoms with Crippen molar-refractivity contribution in [3.63, 3.8) is 0 Å². The van der Waals surface area contributed by atoms with Crippen LogP contribution in [0.2, 0.25) is 0 Å². The van der Waals surface area contributed by atoms with Crippen LogP contribution in [0.1, 0.15) is 12.5 Å². The van der Waals surface area contributed by atoms with Gasteiger partial charge in [-0.15, -0.1) is 11.8 Å². The molecule has 0 saturated carbocycles. The van der Waals surface area contributed by atoms with E-state index in [0.717, 1.165) is 16.4 Å². The minimum atomic E-state index is 0.648. The number of thioether (sulfide) groups is 1. The van der Waals surface area contributed by atoms with E-state index >= 15 is 0 Å². The van der Waals surface area contributed by atoms with Crippen molar-refractivity contribution in [3.8, 4) is 11.8 Å². The van der Waals surface area contributed by atoms with Gasteiger partial charge in [0.15, 0.2) is 0 Å². The molecular weight excluding hydrogens is 182 g/mol. The van der Waals surface area contributed by atoms with Gasteiger partial charge in [0.2, 0.25) is 0 Å². The van der Waals surface area contributed by atoms with Gasteiger partial charge in [-0.2, -0.15) is 5.26 Å². The zero-order valence-corrected chi connectivity index (χ0v) is 8.52. The lowest BCUT2D eigenvalue weighted by Gasteiger charge is -2.03. The Bertz CT molecular complexity index is 330. The van der Waals surface area contributed by atoms with Gasteiger partial charge in [0, 0.05) is 4.90 Å². The topological polar surface area (TPSA) is 33.0 Å². The summed E-state index contributed by atoms with van der Waals surface area (Å²) < 4.78 is 5.08. The number of benzene rings is 1. The lowest BCUT2D eigenvalue weighted by atomic mass is 10.2. The van der Waals surface area contributed by atoms with Crippen LogP contribution in [0.3, 0.4) is 0 Å². The van der Waals surface area contributed by atoms with Gasteiger partial charge < -0.3 is 4.74 Å². The van der Waals surface area contributed by atoms with Gasteiger partial charge in [-0.05, 0) is 24.0 Å². The monoisotopic (exact) mass is 193 g/mol. The molecule has 3 heteroatoms. The summed E-state index contributed by atoms with van der Waals surface area (Å²) >= 11 is 1.70. The first-order valence-electron chi connectivity index (χ1n) is 4.02. The molecule has 1 rings (SSSR count). The summed E-state index contributed by atoms with van der Waals surface area (Å²) in [5, 5.41) is 8.74. The molecule has 68 valence electrons. The Morgan fingerprint density at radius 3 is 2.77 bits per heavy atom. The number of methoxy groups -OCH3 is 1. The molecule has 0 unspecified atom stereocenters. The van der Waals surface area contributed by atoms with Crippen LogP contribution in [0.15, 0.2) is 23.1 Å². The number of nitriles is 1. The predicted molar refractivity (Wildman–Crippen MR) is 54.1 cm³/mol. The lowest BCUT2D eigenvalue weighted by Crippen LogP contribution is -1.85. The zero-order chi connectivity index (χ0) is 9.68. The summed E-state index contributed by atoms with van der Waals surface area (Å²) in [6.07, 6.45) is 0. The van der Waals surface area contributed by atoms with Crippen molar-refractivity contribution in [2.75, 3.05) is 12.9 Å². The molecule has 0 N–H and O–H groups in total. The van der Waals surface area contributed by atoms with E-state index in [4.69, 9.17) is 10.00 Å². The molecule has 2 nitrogen and oxygen atoms in total. The second kappa shape index (κ2) is 4.78. The first kappa shape index (κ1) is 9.94. The molecule has 1 aromatic carbocycles. The Balaban J connectivity index is 3.01. The summed E-state index contributed by atoms with van der Waals surface area (Å²) in [5.41, 5.74) is 0.648. The van der Waals surface area contributed by atoms with Crippen molar-refractivity contribution < 1.29 is 4.74 Å². The Morgan fingerprint density at radius 2 is 2.23 bits per heavy atom. The fourth-order valence-corrected chi connectivity index (χ4v) is 1.75. The highest BCUT2D eigenvalue weighted by molar-refractivity contribution is 7.99. The van der Waals surface area contributed by atoms with Gasteiger partial charge in [0.25, 0.3) is 0 Å². The predicted octanol–water partition coefficient (Wildman–Crippen LogP) is 2.68. The molecule has 0 aliphatic heterocycles. The fraction of sp³-hybridized carbons (Fsp3) is 0.300. The molecule has 0 aliphatic carbocycles. The summed E-state index contributed by atoms with van der Waals surface area (Å²) in [7, 11) is 1.61. The van der Waals surface area contributed by atoms with Crippen LogP contribution >= 0.6 is 11.8 Å². The van der Waals surface area contributed by atoms with Crippen LogP contribution < -0.4 is 4.74 Å². The largest absolute Gasteiger partial charge is 0.497 e. The van der Waals surface area contributed by atoms with E-state index in [1.54, 1.807) is 24.9 Å². The number of nitrogens with zero attached hydrogens (tertiary/aromatic N) is 1. The van der Waals surface area contributed by atoms with Crippen molar-refractivity contribution in [1.29, 1.82) is 5.26 Å². The van der Waals surface area contributed by atoms with Gasteiger partial charge in [0.05, 0.1) is 18.7 Å². The normalized spacial score (nSPS) is 9.31. The molecule has 1 aromatic rings. The molecule has 0 atom stereocenters. The average molecular weight is 193 g/mol. The third kappa shape index (κ3) is 2.67. The van der Waals surface area contributed by atoms with Crippen LogP contribution in [-0.4, -0.2) is 12.9 Å². The van der Waals surface area contributed by atoms with Crippen LogP contribution in [0.25, 0.3) is 0 Å². The van der Waals surface area contributed by atoms with Crippen LogP contribution in [0.5, 0.6) is 5.75 Å². The Kier molecular flexibility index (Phi) is 3.66. The first-order chi connectivity index (χ1) is 6.30. The van der Waals surface area contributed by atoms with E-state index in [1.165, 1.54) is 0 Å². The minimum absolute atomic E-state index is 0.648. The number of hydrogen-bond donors (Lipinski definition) is 0. The molecular formula is C10H11NOS. The second-order valence-electron chi connectivity index (χ2n) is 2.44. The molecule has 0 spiro atoms. The van der Waals surface area contributed by atoms with Crippen molar-refractivity contribution >= 4 is 11.8 Å². The van der Waals surface area contributed by atoms with Gasteiger partial charge in [-0.1, -0.05) is 6.92 Å². The summed E-state index contributed by atoms with van der Waals surface area (Å²) in [6.45, 7) is 2.08. The molecule has 0 fully saturated rings. The minimum Gasteiger partial charge on any atom is -0.497 e. The van der Waals surface area contributed by atoms with Crippen LogP contribution in [0.4, 0.5) is 0 Å². The van der Waals surface area contributed by atoms with E-state index < -0.39 is 0 Å². The molecule has 0 heterocycles. The fourth-order valence-electron chi connectivity index (χ4n) is 1.00. The van der Waals surface area contributed by atoms with Gasteiger partial charge >= 0.3 is 0 Å². The standard InChI is InChI=1S/C10H11NOS/c1-3-13-10-5-8(7-11)4-9(6-10)12-2/h4-6H,3H2,1-2H3. The van der Waals surface area contributed by atoms with Crippen molar-refractivity contribution in [3.05, 3.63) is 23.8 Å². The van der Waals surface area contributed by atoms with E-state index in [9.17, 15) is 0 Å². The van der Waals surface area contributed by atoms with Crippen molar-refractivity contribution in [2.45, 2.75) is 11.8 Å². The maximum Gasteiger partial charge on any atom is 0.121 e. The molecule has 0 amide bonds. The van der Waals surface area contributed by atoms with E-state index in [1.807, 2.05) is 12.1 Å². The lowest BCUT2D eigenvalue weighted by molar-refractivity contribution is 0.413. The molecule has 0 aromatic heterocycles. The third-order valence-corrected chi connectivity index (χ3v) is 2.41. The Hall–Kier alpha value is -1.14. The van der Waals surface area contributed by atoms with E-state index in [2.05, 4.69) is 13.0 Å². The van der Waals surface area contributed by atoms with Crippen LogP contribution in [0, 0.1) is 11.3 Å². The molecule has 0 radical (unpaired) electrons. The molecule has 0 aliphatic rings. The smallest absolute Gasteiger partial charge is 0.121 e. The second-order valence-corrected chi connectivity index (χ2v) is 3.78. The van der Waals surface area contributed by atoms with Gasteiger partial charge in [-0.25, -0.2) is 0 Å². The summed E-state index contributed by atoms with van der Waals surface area (Å²) in [4.78, 5) is 1.08.